The number of pyridine rings is 1. The lowest BCUT2D eigenvalue weighted by molar-refractivity contribution is 0.567. The Hall–Kier alpha value is -1.77. The van der Waals surface area contributed by atoms with E-state index in [1.807, 2.05) is 24.4 Å². The van der Waals surface area contributed by atoms with Gasteiger partial charge in [-0.2, -0.15) is 0 Å². The summed E-state index contributed by atoms with van der Waals surface area (Å²) < 4.78 is 0. The number of nitrogens with one attached hydrogen (secondary N) is 1. The molecule has 0 unspecified atom stereocenters. The fourth-order valence-electron chi connectivity index (χ4n) is 2.10. The molecule has 0 radical (unpaired) electrons. The third-order valence-electron chi connectivity index (χ3n) is 3.13. The molecule has 18 heavy (non-hydrogen) atoms. The van der Waals surface area contributed by atoms with E-state index in [0.29, 0.717) is 0 Å². The smallest absolute Gasteiger partial charge is 0.0437 e. The molecule has 0 aliphatic carbocycles. The summed E-state index contributed by atoms with van der Waals surface area (Å²) in [5, 5.41) is 5.64. The number of hydrogen-bond donors (Lipinski definition) is 2. The standard InChI is InChI=1S/C15H21N3/c1-11(2)4-3-8-18-15-6-5-14(16)12-7-9-17-10-13(12)15/h5-7,9-11,18H,3-4,8,16H2,1-2H3. The Labute approximate surface area is 108 Å². The topological polar surface area (TPSA) is 50.9 Å². The Bertz CT molecular complexity index is 520. The van der Waals surface area contributed by atoms with E-state index < -0.39 is 0 Å². The molecule has 96 valence electrons. The molecule has 0 spiro atoms. The molecular formula is C15H21N3. The molecule has 3 heteroatoms. The maximum Gasteiger partial charge on any atom is 0.0437 e. The van der Waals surface area contributed by atoms with Gasteiger partial charge in [-0.3, -0.25) is 4.98 Å². The first-order valence-corrected chi connectivity index (χ1v) is 6.54. The number of aromatic nitrogens is 1. The maximum atomic E-state index is 5.96. The normalized spacial score (nSPS) is 11.1. The largest absolute Gasteiger partial charge is 0.398 e. The van der Waals surface area contributed by atoms with Gasteiger partial charge in [0, 0.05) is 41.1 Å². The Morgan fingerprint density at radius 3 is 2.83 bits per heavy atom. The van der Waals surface area contributed by atoms with Crippen molar-refractivity contribution < 1.29 is 0 Å². The number of rotatable bonds is 5. The molecule has 3 N–H and O–H groups in total. The van der Waals surface area contributed by atoms with Crippen molar-refractivity contribution in [3.63, 3.8) is 0 Å². The van der Waals surface area contributed by atoms with Gasteiger partial charge in [-0.1, -0.05) is 13.8 Å². The minimum atomic E-state index is 0.761. The van der Waals surface area contributed by atoms with E-state index in [-0.39, 0.29) is 0 Å². The van der Waals surface area contributed by atoms with Crippen LogP contribution < -0.4 is 11.1 Å². The molecule has 1 heterocycles. The van der Waals surface area contributed by atoms with Crippen molar-refractivity contribution in [1.29, 1.82) is 0 Å². The molecule has 0 fully saturated rings. The van der Waals surface area contributed by atoms with Crippen molar-refractivity contribution in [2.24, 2.45) is 5.92 Å². The zero-order valence-corrected chi connectivity index (χ0v) is 11.1. The summed E-state index contributed by atoms with van der Waals surface area (Å²) in [6.07, 6.45) is 6.08. The average Bonchev–Trinajstić information content (AvgIpc) is 2.37. The van der Waals surface area contributed by atoms with Crippen LogP contribution in [0.2, 0.25) is 0 Å². The van der Waals surface area contributed by atoms with Gasteiger partial charge < -0.3 is 11.1 Å². The molecule has 0 bridgehead atoms. The highest BCUT2D eigenvalue weighted by atomic mass is 14.9. The predicted octanol–water partition coefficient (Wildman–Crippen LogP) is 3.67. The summed E-state index contributed by atoms with van der Waals surface area (Å²) in [5.74, 6) is 0.761. The highest BCUT2D eigenvalue weighted by molar-refractivity contribution is 6.00. The Kier molecular flexibility index (Phi) is 4.03. The van der Waals surface area contributed by atoms with E-state index >= 15 is 0 Å². The number of nitrogens with two attached hydrogens (primary N) is 1. The van der Waals surface area contributed by atoms with E-state index in [2.05, 4.69) is 24.1 Å². The lowest BCUT2D eigenvalue weighted by Gasteiger charge is -2.11. The van der Waals surface area contributed by atoms with Crippen LogP contribution in [0.3, 0.4) is 0 Å². The first kappa shape index (κ1) is 12.7. The van der Waals surface area contributed by atoms with E-state index in [1.54, 1.807) is 6.20 Å². The molecule has 0 saturated carbocycles. The summed E-state index contributed by atoms with van der Waals surface area (Å²) in [4.78, 5) is 4.18. The average molecular weight is 243 g/mol. The predicted molar refractivity (Wildman–Crippen MR) is 78.7 cm³/mol. The van der Waals surface area contributed by atoms with E-state index in [9.17, 15) is 0 Å². The van der Waals surface area contributed by atoms with Crippen molar-refractivity contribution in [1.82, 2.24) is 4.98 Å². The molecule has 1 aromatic heterocycles. The SMILES string of the molecule is CC(C)CCCNc1ccc(N)c2ccncc12. The van der Waals surface area contributed by atoms with Gasteiger partial charge in [-0.15, -0.1) is 0 Å². The summed E-state index contributed by atoms with van der Waals surface area (Å²) in [6.45, 7) is 5.50. The third kappa shape index (κ3) is 2.92. The molecule has 0 amide bonds. The van der Waals surface area contributed by atoms with Crippen molar-refractivity contribution >= 4 is 22.1 Å². The fourth-order valence-corrected chi connectivity index (χ4v) is 2.10. The lowest BCUT2D eigenvalue weighted by Crippen LogP contribution is -2.04. The summed E-state index contributed by atoms with van der Waals surface area (Å²) >= 11 is 0. The quantitative estimate of drug-likeness (QED) is 0.622. The minimum Gasteiger partial charge on any atom is -0.398 e. The van der Waals surface area contributed by atoms with Crippen LogP contribution in [-0.4, -0.2) is 11.5 Å². The highest BCUT2D eigenvalue weighted by Crippen LogP contribution is 2.27. The number of nitrogens with zero attached hydrogens (tertiary/aromatic N) is 1. The van der Waals surface area contributed by atoms with Gasteiger partial charge in [0.1, 0.15) is 0 Å². The fraction of sp³-hybridized carbons (Fsp3) is 0.400. The molecule has 0 aliphatic heterocycles. The molecule has 1 aromatic carbocycles. The summed E-state index contributed by atoms with van der Waals surface area (Å²) in [5.41, 5.74) is 7.89. The monoisotopic (exact) mass is 243 g/mol. The molecule has 2 aromatic rings. The Balaban J connectivity index is 2.11. The number of hydrogen-bond acceptors (Lipinski definition) is 3. The van der Waals surface area contributed by atoms with Crippen LogP contribution in [0, 0.1) is 5.92 Å². The van der Waals surface area contributed by atoms with E-state index in [1.165, 1.54) is 12.8 Å². The molecule has 0 saturated heterocycles. The second-order valence-corrected chi connectivity index (χ2v) is 5.09. The van der Waals surface area contributed by atoms with Crippen molar-refractivity contribution in [3.05, 3.63) is 30.6 Å². The zero-order chi connectivity index (χ0) is 13.0. The van der Waals surface area contributed by atoms with Gasteiger partial charge >= 0.3 is 0 Å². The van der Waals surface area contributed by atoms with Crippen LogP contribution in [-0.2, 0) is 0 Å². The molecule has 0 atom stereocenters. The van der Waals surface area contributed by atoms with Gasteiger partial charge in [0.2, 0.25) is 0 Å². The second kappa shape index (κ2) is 5.71. The van der Waals surface area contributed by atoms with Crippen LogP contribution in [0.25, 0.3) is 10.8 Å². The molecule has 0 aliphatic rings. The van der Waals surface area contributed by atoms with Gasteiger partial charge in [0.25, 0.3) is 0 Å². The van der Waals surface area contributed by atoms with Crippen molar-refractivity contribution in [3.8, 4) is 0 Å². The molecule has 2 rings (SSSR count). The summed E-state index contributed by atoms with van der Waals surface area (Å²) in [6, 6.07) is 5.95. The highest BCUT2D eigenvalue weighted by Gasteiger charge is 2.03. The zero-order valence-electron chi connectivity index (χ0n) is 11.1. The lowest BCUT2D eigenvalue weighted by atomic mass is 10.1. The number of nitrogen functional groups attached to an aromatic ring is 1. The van der Waals surface area contributed by atoms with Crippen LogP contribution in [0.15, 0.2) is 30.6 Å². The first-order chi connectivity index (χ1) is 8.68. The van der Waals surface area contributed by atoms with Crippen molar-refractivity contribution in [2.45, 2.75) is 26.7 Å². The van der Waals surface area contributed by atoms with Crippen LogP contribution in [0.1, 0.15) is 26.7 Å². The van der Waals surface area contributed by atoms with Gasteiger partial charge in [-0.05, 0) is 37.0 Å². The van der Waals surface area contributed by atoms with Crippen LogP contribution >= 0.6 is 0 Å². The Morgan fingerprint density at radius 2 is 2.06 bits per heavy atom. The molecular weight excluding hydrogens is 222 g/mol. The van der Waals surface area contributed by atoms with Gasteiger partial charge in [0.15, 0.2) is 0 Å². The van der Waals surface area contributed by atoms with E-state index in [0.717, 1.165) is 34.6 Å². The minimum absolute atomic E-state index is 0.761. The number of fused-ring (bicyclic) bond motifs is 1. The number of anilines is 2. The van der Waals surface area contributed by atoms with Crippen LogP contribution in [0.4, 0.5) is 11.4 Å². The number of benzene rings is 1. The maximum absolute atomic E-state index is 5.96. The van der Waals surface area contributed by atoms with E-state index in [4.69, 9.17) is 5.73 Å². The van der Waals surface area contributed by atoms with Gasteiger partial charge in [0.05, 0.1) is 0 Å². The third-order valence-corrected chi connectivity index (χ3v) is 3.13. The Morgan fingerprint density at radius 1 is 1.22 bits per heavy atom. The summed E-state index contributed by atoms with van der Waals surface area (Å²) in [7, 11) is 0. The van der Waals surface area contributed by atoms with Crippen LogP contribution in [0.5, 0.6) is 0 Å². The molecule has 3 nitrogen and oxygen atoms in total. The van der Waals surface area contributed by atoms with Crippen molar-refractivity contribution in [2.75, 3.05) is 17.6 Å². The van der Waals surface area contributed by atoms with Gasteiger partial charge in [-0.25, -0.2) is 0 Å². The second-order valence-electron chi connectivity index (χ2n) is 5.09. The first-order valence-electron chi connectivity index (χ1n) is 6.54.